The van der Waals surface area contributed by atoms with Crippen molar-refractivity contribution in [2.75, 3.05) is 5.32 Å². The van der Waals surface area contributed by atoms with Gasteiger partial charge in [0.25, 0.3) is 11.6 Å². The number of anilines is 1. The molecule has 4 aliphatic rings. The van der Waals surface area contributed by atoms with Crippen LogP contribution < -0.4 is 5.32 Å². The Morgan fingerprint density at radius 1 is 1.06 bits per heavy atom. The van der Waals surface area contributed by atoms with Crippen molar-refractivity contribution in [3.05, 3.63) is 81.1 Å². The summed E-state index contributed by atoms with van der Waals surface area (Å²) in [6.07, 6.45) is 8.83. The van der Waals surface area contributed by atoms with Crippen molar-refractivity contribution in [2.24, 2.45) is 17.8 Å². The zero-order valence-corrected chi connectivity index (χ0v) is 19.4. The predicted molar refractivity (Wildman–Crippen MR) is 129 cm³/mol. The number of hydrogen-bond acceptors (Lipinski definition) is 4. The fraction of sp³-hybridized carbons (Fsp3) is 0.385. The molecule has 1 heterocycles. The van der Waals surface area contributed by atoms with Crippen molar-refractivity contribution in [2.45, 2.75) is 43.9 Å². The minimum atomic E-state index is -0.533. The Hall–Kier alpha value is -3.19. The lowest BCUT2D eigenvalue weighted by Gasteiger charge is -2.56. The van der Waals surface area contributed by atoms with Gasteiger partial charge in [0.05, 0.1) is 21.9 Å². The van der Waals surface area contributed by atoms with E-state index in [-0.39, 0.29) is 27.7 Å². The zero-order chi connectivity index (χ0) is 23.4. The quantitative estimate of drug-likeness (QED) is 0.353. The maximum absolute atomic E-state index is 13.6. The molecular formula is C26H25ClN4O3. The van der Waals surface area contributed by atoms with Crippen LogP contribution in [-0.4, -0.2) is 20.6 Å². The van der Waals surface area contributed by atoms with Crippen LogP contribution in [0.1, 0.15) is 54.6 Å². The normalized spacial score (nSPS) is 27.0. The van der Waals surface area contributed by atoms with Crippen LogP contribution in [0.4, 0.5) is 11.4 Å². The first-order chi connectivity index (χ1) is 16.4. The number of amides is 1. The maximum Gasteiger partial charge on any atom is 0.294 e. The van der Waals surface area contributed by atoms with Gasteiger partial charge in [-0.1, -0.05) is 29.8 Å². The molecular weight excluding hydrogens is 452 g/mol. The third-order valence-corrected chi connectivity index (χ3v) is 8.16. The van der Waals surface area contributed by atoms with Crippen LogP contribution >= 0.6 is 11.6 Å². The highest BCUT2D eigenvalue weighted by Gasteiger charge is 2.54. The van der Waals surface area contributed by atoms with E-state index in [9.17, 15) is 14.9 Å². The van der Waals surface area contributed by atoms with E-state index in [0.717, 1.165) is 30.6 Å². The van der Waals surface area contributed by atoms with E-state index in [1.807, 2.05) is 30.3 Å². The van der Waals surface area contributed by atoms with Gasteiger partial charge in [0.2, 0.25) is 0 Å². The fourth-order valence-electron chi connectivity index (χ4n) is 7.00. The van der Waals surface area contributed by atoms with Crippen LogP contribution in [0.25, 0.3) is 5.69 Å². The topological polar surface area (TPSA) is 90.1 Å². The summed E-state index contributed by atoms with van der Waals surface area (Å²) in [5.74, 6) is 1.71. The van der Waals surface area contributed by atoms with Gasteiger partial charge in [-0.3, -0.25) is 14.9 Å². The predicted octanol–water partition coefficient (Wildman–Crippen LogP) is 6.15. The van der Waals surface area contributed by atoms with Crippen LogP contribution in [0.2, 0.25) is 5.02 Å². The molecule has 34 heavy (non-hydrogen) atoms. The Labute approximate surface area is 202 Å². The second kappa shape index (κ2) is 7.94. The van der Waals surface area contributed by atoms with E-state index in [0.29, 0.717) is 23.3 Å². The summed E-state index contributed by atoms with van der Waals surface area (Å²) in [7, 11) is 0. The summed E-state index contributed by atoms with van der Waals surface area (Å²) in [4.78, 5) is 24.6. The van der Waals surface area contributed by atoms with Gasteiger partial charge in [0.15, 0.2) is 0 Å². The molecule has 1 amide bonds. The summed E-state index contributed by atoms with van der Waals surface area (Å²) < 4.78 is 1.78. The van der Waals surface area contributed by atoms with E-state index in [1.54, 1.807) is 10.9 Å². The number of hydrogen-bond donors (Lipinski definition) is 1. The third kappa shape index (κ3) is 3.59. The third-order valence-electron chi connectivity index (χ3n) is 7.92. The minimum absolute atomic E-state index is 0.104. The molecule has 1 N–H and O–H groups in total. The van der Waals surface area contributed by atoms with Crippen molar-refractivity contribution in [1.82, 2.24) is 9.78 Å². The highest BCUT2D eigenvalue weighted by Crippen LogP contribution is 2.61. The SMILES string of the molecule is O=C(Nc1ccc(Cl)cc1[N+](=O)[O-])c1cn(-c2ccccc2)nc1C12CC3CC(CC(C3)C1)C2. The first-order valence-electron chi connectivity index (χ1n) is 11.8. The van der Waals surface area contributed by atoms with Crippen LogP contribution in [0.5, 0.6) is 0 Å². The summed E-state index contributed by atoms with van der Waals surface area (Å²) in [5, 5.41) is 19.6. The Bertz CT molecular complexity index is 1250. The van der Waals surface area contributed by atoms with Gasteiger partial charge in [0, 0.05) is 22.7 Å². The number of carbonyl (C=O) groups is 1. The van der Waals surface area contributed by atoms with Crippen LogP contribution in [0, 0.1) is 27.9 Å². The van der Waals surface area contributed by atoms with Gasteiger partial charge in [-0.15, -0.1) is 0 Å². The van der Waals surface area contributed by atoms with E-state index in [2.05, 4.69) is 5.32 Å². The first kappa shape index (κ1) is 21.4. The number of halogens is 1. The van der Waals surface area contributed by atoms with Crippen molar-refractivity contribution < 1.29 is 9.72 Å². The number of nitrogens with zero attached hydrogens (tertiary/aromatic N) is 3. The van der Waals surface area contributed by atoms with Crippen LogP contribution in [-0.2, 0) is 5.41 Å². The summed E-state index contributed by atoms with van der Waals surface area (Å²) in [6, 6.07) is 14.0. The minimum Gasteiger partial charge on any atom is -0.316 e. The number of aromatic nitrogens is 2. The molecule has 2 aromatic carbocycles. The zero-order valence-electron chi connectivity index (χ0n) is 18.6. The molecule has 0 spiro atoms. The Kier molecular flexibility index (Phi) is 4.99. The average molecular weight is 477 g/mol. The monoisotopic (exact) mass is 476 g/mol. The number of carbonyl (C=O) groups excluding carboxylic acids is 1. The number of nitrogens with one attached hydrogen (secondary N) is 1. The molecule has 0 aliphatic heterocycles. The molecule has 7 rings (SSSR count). The van der Waals surface area contributed by atoms with Crippen LogP contribution in [0.15, 0.2) is 54.7 Å². The average Bonchev–Trinajstić information content (AvgIpc) is 3.27. The molecule has 8 heteroatoms. The van der Waals surface area contributed by atoms with Gasteiger partial charge in [-0.2, -0.15) is 5.10 Å². The Morgan fingerprint density at radius 2 is 1.71 bits per heavy atom. The molecule has 7 nitrogen and oxygen atoms in total. The first-order valence-corrected chi connectivity index (χ1v) is 12.2. The number of nitro benzene ring substituents is 1. The lowest BCUT2D eigenvalue weighted by Crippen LogP contribution is -2.49. The number of para-hydroxylation sites is 1. The lowest BCUT2D eigenvalue weighted by molar-refractivity contribution is -0.383. The van der Waals surface area contributed by atoms with Gasteiger partial charge in [-0.25, -0.2) is 4.68 Å². The van der Waals surface area contributed by atoms with E-state index in [1.165, 1.54) is 37.5 Å². The number of nitro groups is 1. The van der Waals surface area contributed by atoms with Gasteiger partial charge >= 0.3 is 0 Å². The fourth-order valence-corrected chi connectivity index (χ4v) is 7.16. The molecule has 4 aliphatic carbocycles. The number of rotatable bonds is 5. The highest BCUT2D eigenvalue weighted by atomic mass is 35.5. The molecule has 4 saturated carbocycles. The maximum atomic E-state index is 13.6. The summed E-state index contributed by atoms with van der Waals surface area (Å²) >= 11 is 5.96. The van der Waals surface area contributed by atoms with Crippen molar-refractivity contribution in [3.8, 4) is 5.69 Å². The lowest BCUT2D eigenvalue weighted by atomic mass is 9.48. The molecule has 0 unspecified atom stereocenters. The second-order valence-electron chi connectivity index (χ2n) is 10.2. The van der Waals surface area contributed by atoms with Gasteiger partial charge < -0.3 is 5.32 Å². The molecule has 0 atom stereocenters. The summed E-state index contributed by atoms with van der Waals surface area (Å²) in [5.41, 5.74) is 2.01. The van der Waals surface area contributed by atoms with Gasteiger partial charge in [-0.05, 0) is 80.5 Å². The molecule has 0 saturated heterocycles. The Balaban J connectivity index is 1.43. The van der Waals surface area contributed by atoms with Crippen LogP contribution in [0.3, 0.4) is 0 Å². The molecule has 4 fully saturated rings. The van der Waals surface area contributed by atoms with E-state index >= 15 is 0 Å². The largest absolute Gasteiger partial charge is 0.316 e. The van der Waals surface area contributed by atoms with Crippen molar-refractivity contribution in [1.29, 1.82) is 0 Å². The molecule has 0 radical (unpaired) electrons. The second-order valence-corrected chi connectivity index (χ2v) is 10.7. The highest BCUT2D eigenvalue weighted by molar-refractivity contribution is 6.31. The van der Waals surface area contributed by atoms with Crippen molar-refractivity contribution >= 4 is 28.9 Å². The summed E-state index contributed by atoms with van der Waals surface area (Å²) in [6.45, 7) is 0. The smallest absolute Gasteiger partial charge is 0.294 e. The standard InChI is InChI=1S/C26H25ClN4O3/c27-19-6-7-22(23(11-19)31(33)34)28-25(32)21-15-30(20-4-2-1-3-5-20)29-24(21)26-12-16-8-17(13-26)10-18(9-16)14-26/h1-7,11,15-18H,8-10,12-14H2,(H,28,32). The van der Waals surface area contributed by atoms with E-state index < -0.39 is 4.92 Å². The van der Waals surface area contributed by atoms with Gasteiger partial charge in [0.1, 0.15) is 5.69 Å². The molecule has 4 bridgehead atoms. The number of benzene rings is 2. The molecule has 1 aromatic heterocycles. The van der Waals surface area contributed by atoms with E-state index in [4.69, 9.17) is 16.7 Å². The van der Waals surface area contributed by atoms with Crippen molar-refractivity contribution in [3.63, 3.8) is 0 Å². The molecule has 3 aromatic rings. The Morgan fingerprint density at radius 3 is 2.32 bits per heavy atom. The molecule has 174 valence electrons.